The van der Waals surface area contributed by atoms with Crippen LogP contribution in [-0.4, -0.2) is 20.8 Å². The first-order valence-corrected chi connectivity index (χ1v) is 6.35. The molecule has 0 radical (unpaired) electrons. The van der Waals surface area contributed by atoms with E-state index in [0.717, 1.165) is 11.1 Å². The van der Waals surface area contributed by atoms with Crippen molar-refractivity contribution in [1.29, 1.82) is 0 Å². The lowest BCUT2D eigenvalue weighted by atomic mass is 10.2. The number of carbonyl (C=O) groups excluding carboxylic acids is 1. The van der Waals surface area contributed by atoms with Gasteiger partial charge >= 0.3 is 6.03 Å². The number of anilines is 1. The van der Waals surface area contributed by atoms with E-state index in [0.29, 0.717) is 18.8 Å². The van der Waals surface area contributed by atoms with Gasteiger partial charge in [-0.3, -0.25) is 15.1 Å². The molecule has 0 unspecified atom stereocenters. The molecule has 1 aromatic heterocycles. The maximum Gasteiger partial charge on any atom is 0.322 e. The number of pyridine rings is 1. The number of amides is 2. The second-order valence-electron chi connectivity index (χ2n) is 4.73. The van der Waals surface area contributed by atoms with Crippen LogP contribution in [0.2, 0.25) is 0 Å². The first-order chi connectivity index (χ1) is 10.1. The highest BCUT2D eigenvalue weighted by atomic mass is 16.6. The van der Waals surface area contributed by atoms with Gasteiger partial charge in [-0.2, -0.15) is 0 Å². The molecule has 1 aromatic carbocycles. The van der Waals surface area contributed by atoms with E-state index in [4.69, 9.17) is 0 Å². The van der Waals surface area contributed by atoms with Crippen LogP contribution in [0.25, 0.3) is 0 Å². The van der Waals surface area contributed by atoms with Crippen molar-refractivity contribution in [1.82, 2.24) is 9.88 Å². The number of carbonyl (C=O) groups is 1. The minimum absolute atomic E-state index is 0.00680. The quantitative estimate of drug-likeness (QED) is 0.678. The SMILES string of the molecule is O=C(Nc1ccc([N+](=O)[O-])cc1)N1Cc2ccncc2C1. The number of fused-ring (bicyclic) bond motifs is 1. The van der Waals surface area contributed by atoms with Crippen LogP contribution < -0.4 is 5.32 Å². The molecule has 1 N–H and O–H groups in total. The van der Waals surface area contributed by atoms with Gasteiger partial charge < -0.3 is 10.2 Å². The first-order valence-electron chi connectivity index (χ1n) is 6.35. The summed E-state index contributed by atoms with van der Waals surface area (Å²) >= 11 is 0. The first kappa shape index (κ1) is 13.0. The van der Waals surface area contributed by atoms with Gasteiger partial charge in [0.05, 0.1) is 4.92 Å². The molecule has 2 amide bonds. The Morgan fingerprint density at radius 1 is 1.19 bits per heavy atom. The number of benzene rings is 1. The van der Waals surface area contributed by atoms with E-state index in [9.17, 15) is 14.9 Å². The Bertz CT molecular complexity index is 675. The summed E-state index contributed by atoms with van der Waals surface area (Å²) in [6, 6.07) is 7.41. The van der Waals surface area contributed by atoms with Crippen LogP contribution in [0.3, 0.4) is 0 Å². The third-order valence-corrected chi connectivity index (χ3v) is 3.34. The standard InChI is InChI=1S/C14H12N4O3/c19-14(16-12-1-3-13(4-2-12)18(20)21)17-8-10-5-6-15-7-11(10)9-17/h1-7H,8-9H2,(H,16,19). The number of nitrogens with zero attached hydrogens (tertiary/aromatic N) is 3. The molecule has 0 spiro atoms. The molecule has 7 heteroatoms. The molecule has 2 heterocycles. The van der Waals surface area contributed by atoms with Crippen molar-refractivity contribution in [3.8, 4) is 0 Å². The normalized spacial score (nSPS) is 12.9. The largest absolute Gasteiger partial charge is 0.322 e. The maximum absolute atomic E-state index is 12.2. The molecule has 106 valence electrons. The van der Waals surface area contributed by atoms with E-state index in [2.05, 4.69) is 10.3 Å². The van der Waals surface area contributed by atoms with E-state index in [-0.39, 0.29) is 11.7 Å². The molecule has 0 fully saturated rings. The Morgan fingerprint density at radius 3 is 2.57 bits per heavy atom. The number of nitro benzene ring substituents is 1. The molecule has 1 aliphatic rings. The van der Waals surface area contributed by atoms with Crippen LogP contribution in [-0.2, 0) is 13.1 Å². The smallest absolute Gasteiger partial charge is 0.316 e. The van der Waals surface area contributed by atoms with Gasteiger partial charge in [-0.25, -0.2) is 4.79 Å². The van der Waals surface area contributed by atoms with Crippen molar-refractivity contribution in [2.75, 3.05) is 5.32 Å². The third kappa shape index (κ3) is 2.66. The predicted octanol–water partition coefficient (Wildman–Crippen LogP) is 2.54. The fourth-order valence-electron chi connectivity index (χ4n) is 2.23. The highest BCUT2D eigenvalue weighted by Gasteiger charge is 2.23. The molecule has 7 nitrogen and oxygen atoms in total. The molecular formula is C14H12N4O3. The third-order valence-electron chi connectivity index (χ3n) is 3.34. The lowest BCUT2D eigenvalue weighted by molar-refractivity contribution is -0.384. The Kier molecular flexibility index (Phi) is 3.23. The van der Waals surface area contributed by atoms with E-state index >= 15 is 0 Å². The maximum atomic E-state index is 12.2. The van der Waals surface area contributed by atoms with Gasteiger partial charge in [-0.1, -0.05) is 0 Å². The Hall–Kier alpha value is -2.96. The molecule has 0 saturated heterocycles. The summed E-state index contributed by atoms with van der Waals surface area (Å²) in [5.74, 6) is 0. The van der Waals surface area contributed by atoms with Crippen molar-refractivity contribution >= 4 is 17.4 Å². The Balaban J connectivity index is 1.66. The summed E-state index contributed by atoms with van der Waals surface area (Å²) in [6.07, 6.45) is 3.46. The van der Waals surface area contributed by atoms with E-state index in [1.165, 1.54) is 24.3 Å². The van der Waals surface area contributed by atoms with Gasteiger partial charge in [0.25, 0.3) is 5.69 Å². The fourth-order valence-corrected chi connectivity index (χ4v) is 2.23. The monoisotopic (exact) mass is 284 g/mol. The second kappa shape index (κ2) is 5.20. The van der Waals surface area contributed by atoms with Crippen LogP contribution in [0.4, 0.5) is 16.2 Å². The van der Waals surface area contributed by atoms with Gasteiger partial charge in [0, 0.05) is 43.3 Å². The zero-order valence-corrected chi connectivity index (χ0v) is 11.0. The van der Waals surface area contributed by atoms with Crippen molar-refractivity contribution in [2.24, 2.45) is 0 Å². The number of non-ortho nitro benzene ring substituents is 1. The van der Waals surface area contributed by atoms with Gasteiger partial charge in [-0.15, -0.1) is 0 Å². The summed E-state index contributed by atoms with van der Waals surface area (Å²) in [7, 11) is 0. The molecule has 0 aliphatic carbocycles. The highest BCUT2D eigenvalue weighted by Crippen LogP contribution is 2.22. The van der Waals surface area contributed by atoms with Crippen LogP contribution in [0, 0.1) is 10.1 Å². The summed E-state index contributed by atoms with van der Waals surface area (Å²) < 4.78 is 0. The topological polar surface area (TPSA) is 88.4 Å². The summed E-state index contributed by atoms with van der Waals surface area (Å²) in [5.41, 5.74) is 2.65. The average Bonchev–Trinajstić information content (AvgIpc) is 2.92. The van der Waals surface area contributed by atoms with Crippen LogP contribution in [0.5, 0.6) is 0 Å². The summed E-state index contributed by atoms with van der Waals surface area (Å²) in [6.45, 7) is 1.05. The minimum atomic E-state index is -0.476. The number of rotatable bonds is 2. The van der Waals surface area contributed by atoms with Gasteiger partial charge in [-0.05, 0) is 29.3 Å². The molecule has 2 aromatic rings. The lowest BCUT2D eigenvalue weighted by Crippen LogP contribution is -2.30. The number of hydrogen-bond acceptors (Lipinski definition) is 4. The summed E-state index contributed by atoms with van der Waals surface area (Å²) in [5, 5.41) is 13.3. The fraction of sp³-hybridized carbons (Fsp3) is 0.143. The number of aromatic nitrogens is 1. The van der Waals surface area contributed by atoms with Gasteiger partial charge in [0.1, 0.15) is 0 Å². The van der Waals surface area contributed by atoms with Gasteiger partial charge in [0.2, 0.25) is 0 Å². The molecule has 0 bridgehead atoms. The molecule has 21 heavy (non-hydrogen) atoms. The molecule has 1 aliphatic heterocycles. The van der Waals surface area contributed by atoms with E-state index in [1.54, 1.807) is 17.3 Å². The zero-order valence-electron chi connectivity index (χ0n) is 11.0. The van der Waals surface area contributed by atoms with Crippen LogP contribution in [0.15, 0.2) is 42.7 Å². The van der Waals surface area contributed by atoms with Crippen molar-refractivity contribution in [2.45, 2.75) is 13.1 Å². The highest BCUT2D eigenvalue weighted by molar-refractivity contribution is 5.89. The molecule has 0 atom stereocenters. The average molecular weight is 284 g/mol. The molecular weight excluding hydrogens is 272 g/mol. The molecule has 3 rings (SSSR count). The zero-order chi connectivity index (χ0) is 14.8. The summed E-state index contributed by atoms with van der Waals surface area (Å²) in [4.78, 5) is 28.0. The lowest BCUT2D eigenvalue weighted by Gasteiger charge is -2.16. The number of urea groups is 1. The number of nitrogens with one attached hydrogen (secondary N) is 1. The van der Waals surface area contributed by atoms with Crippen molar-refractivity contribution < 1.29 is 9.72 Å². The van der Waals surface area contributed by atoms with E-state index in [1.807, 2.05) is 6.07 Å². The predicted molar refractivity (Wildman–Crippen MR) is 75.6 cm³/mol. The Morgan fingerprint density at radius 2 is 1.90 bits per heavy atom. The van der Waals surface area contributed by atoms with Crippen LogP contribution >= 0.6 is 0 Å². The molecule has 0 saturated carbocycles. The van der Waals surface area contributed by atoms with Crippen molar-refractivity contribution in [3.63, 3.8) is 0 Å². The van der Waals surface area contributed by atoms with Gasteiger partial charge in [0.15, 0.2) is 0 Å². The minimum Gasteiger partial charge on any atom is -0.316 e. The van der Waals surface area contributed by atoms with E-state index < -0.39 is 4.92 Å². The number of nitro groups is 1. The van der Waals surface area contributed by atoms with Crippen LogP contribution in [0.1, 0.15) is 11.1 Å². The second-order valence-corrected chi connectivity index (χ2v) is 4.73. The van der Waals surface area contributed by atoms with Crippen molar-refractivity contribution in [3.05, 3.63) is 64.0 Å². The number of hydrogen-bond donors (Lipinski definition) is 1. The Labute approximate surface area is 120 Å².